The van der Waals surface area contributed by atoms with Gasteiger partial charge in [-0.2, -0.15) is 0 Å². The highest BCUT2D eigenvalue weighted by atomic mass is 16.6. The first-order chi connectivity index (χ1) is 12.5. The zero-order valence-corrected chi connectivity index (χ0v) is 14.2. The molecule has 26 heavy (non-hydrogen) atoms. The van der Waals surface area contributed by atoms with Crippen molar-refractivity contribution in [1.82, 2.24) is 0 Å². The van der Waals surface area contributed by atoms with Crippen molar-refractivity contribution in [2.24, 2.45) is 11.7 Å². The molecule has 1 amide bonds. The van der Waals surface area contributed by atoms with E-state index in [1.54, 1.807) is 6.07 Å². The number of nitrogens with two attached hydrogens (primary N) is 1. The highest BCUT2D eigenvalue weighted by molar-refractivity contribution is 5.94. The second kappa shape index (κ2) is 7.53. The summed E-state index contributed by atoms with van der Waals surface area (Å²) in [6, 6.07) is 13.8. The van der Waals surface area contributed by atoms with Crippen molar-refractivity contribution in [3.63, 3.8) is 0 Å². The number of benzene rings is 2. The van der Waals surface area contributed by atoms with Crippen molar-refractivity contribution in [2.75, 3.05) is 18.0 Å². The van der Waals surface area contributed by atoms with E-state index in [0.29, 0.717) is 18.8 Å². The molecule has 1 saturated heterocycles. The molecule has 7 nitrogen and oxygen atoms in total. The van der Waals surface area contributed by atoms with Gasteiger partial charge < -0.3 is 15.7 Å². The maximum Gasteiger partial charge on any atom is 0.293 e. The number of hydrogen-bond donors (Lipinski definition) is 2. The largest absolute Gasteiger partial charge is 0.388 e. The number of anilines is 1. The van der Waals surface area contributed by atoms with Crippen molar-refractivity contribution in [1.29, 1.82) is 0 Å². The molecule has 1 aliphatic heterocycles. The monoisotopic (exact) mass is 355 g/mol. The smallest absolute Gasteiger partial charge is 0.293 e. The number of nitro groups is 1. The average molecular weight is 355 g/mol. The molecule has 136 valence electrons. The third-order valence-corrected chi connectivity index (χ3v) is 4.92. The van der Waals surface area contributed by atoms with Gasteiger partial charge in [-0.15, -0.1) is 0 Å². The Bertz CT molecular complexity index is 802. The van der Waals surface area contributed by atoms with Crippen molar-refractivity contribution in [2.45, 2.75) is 18.9 Å². The summed E-state index contributed by atoms with van der Waals surface area (Å²) in [7, 11) is 0. The van der Waals surface area contributed by atoms with Crippen molar-refractivity contribution >= 4 is 17.3 Å². The zero-order valence-electron chi connectivity index (χ0n) is 14.2. The number of hydrogen-bond acceptors (Lipinski definition) is 5. The molecule has 3 N–H and O–H groups in total. The molecule has 1 heterocycles. The second-order valence-electron chi connectivity index (χ2n) is 6.50. The molecule has 7 heteroatoms. The topological polar surface area (TPSA) is 110 Å². The van der Waals surface area contributed by atoms with E-state index in [1.165, 1.54) is 12.1 Å². The van der Waals surface area contributed by atoms with E-state index in [9.17, 15) is 20.0 Å². The third kappa shape index (κ3) is 3.67. The molecule has 1 unspecified atom stereocenters. The number of amides is 1. The molecule has 1 fully saturated rings. The van der Waals surface area contributed by atoms with Crippen LogP contribution in [-0.4, -0.2) is 29.0 Å². The summed E-state index contributed by atoms with van der Waals surface area (Å²) in [5.74, 6) is -0.582. The highest BCUT2D eigenvalue weighted by Gasteiger charge is 2.29. The van der Waals surface area contributed by atoms with Gasteiger partial charge in [0.25, 0.3) is 5.69 Å². The lowest BCUT2D eigenvalue weighted by Gasteiger charge is -2.35. The predicted molar refractivity (Wildman–Crippen MR) is 98.0 cm³/mol. The molecular weight excluding hydrogens is 334 g/mol. The number of nitrogens with zero attached hydrogens (tertiary/aromatic N) is 2. The SMILES string of the molecule is NC(=O)c1ccc(N2CCC(C(O)c3ccccc3)CC2)c([N+](=O)[O-])c1. The first-order valence-corrected chi connectivity index (χ1v) is 8.53. The Morgan fingerprint density at radius 3 is 2.42 bits per heavy atom. The third-order valence-electron chi connectivity index (χ3n) is 4.92. The molecule has 2 aromatic rings. The van der Waals surface area contributed by atoms with E-state index < -0.39 is 16.9 Å². The van der Waals surface area contributed by atoms with Gasteiger partial charge in [0.05, 0.1) is 11.0 Å². The molecule has 0 saturated carbocycles. The van der Waals surface area contributed by atoms with Gasteiger partial charge in [0, 0.05) is 24.7 Å². The van der Waals surface area contributed by atoms with Gasteiger partial charge in [-0.3, -0.25) is 14.9 Å². The summed E-state index contributed by atoms with van der Waals surface area (Å²) >= 11 is 0. The fourth-order valence-corrected chi connectivity index (χ4v) is 3.47. The van der Waals surface area contributed by atoms with Crippen LogP contribution < -0.4 is 10.6 Å². The van der Waals surface area contributed by atoms with Gasteiger partial charge in [-0.1, -0.05) is 30.3 Å². The normalized spacial score (nSPS) is 16.3. The first kappa shape index (κ1) is 17.9. The molecule has 0 aromatic heterocycles. The van der Waals surface area contributed by atoms with Crippen LogP contribution in [0.2, 0.25) is 0 Å². The Morgan fingerprint density at radius 2 is 1.85 bits per heavy atom. The molecule has 0 radical (unpaired) electrons. The van der Waals surface area contributed by atoms with E-state index in [0.717, 1.165) is 18.4 Å². The minimum atomic E-state index is -0.690. The molecule has 3 rings (SSSR count). The molecule has 0 bridgehead atoms. The minimum Gasteiger partial charge on any atom is -0.388 e. The summed E-state index contributed by atoms with van der Waals surface area (Å²) in [6.45, 7) is 1.20. The van der Waals surface area contributed by atoms with E-state index in [1.807, 2.05) is 35.2 Å². The lowest BCUT2D eigenvalue weighted by Crippen LogP contribution is -2.36. The Kier molecular flexibility index (Phi) is 5.18. The summed E-state index contributed by atoms with van der Waals surface area (Å²) in [5.41, 5.74) is 6.58. The van der Waals surface area contributed by atoms with Crippen LogP contribution in [0.4, 0.5) is 11.4 Å². The van der Waals surface area contributed by atoms with Gasteiger partial charge >= 0.3 is 0 Å². The minimum absolute atomic E-state index is 0.109. The van der Waals surface area contributed by atoms with Crippen LogP contribution in [-0.2, 0) is 0 Å². The lowest BCUT2D eigenvalue weighted by atomic mass is 9.87. The molecule has 0 aliphatic carbocycles. The number of aliphatic hydroxyl groups is 1. The number of rotatable bonds is 5. The predicted octanol–water partition coefficient (Wildman–Crippen LogP) is 2.64. The van der Waals surface area contributed by atoms with Crippen molar-refractivity contribution in [3.05, 3.63) is 69.8 Å². The summed E-state index contributed by atoms with van der Waals surface area (Å²) < 4.78 is 0. The number of carbonyl (C=O) groups excluding carboxylic acids is 1. The fraction of sp³-hybridized carbons (Fsp3) is 0.316. The van der Waals surface area contributed by atoms with E-state index in [4.69, 9.17) is 5.73 Å². The van der Waals surface area contributed by atoms with Crippen LogP contribution in [0.15, 0.2) is 48.5 Å². The molecule has 1 atom stereocenters. The molecule has 0 spiro atoms. The Morgan fingerprint density at radius 1 is 1.19 bits per heavy atom. The van der Waals surface area contributed by atoms with Crippen LogP contribution >= 0.6 is 0 Å². The van der Waals surface area contributed by atoms with Gasteiger partial charge in [-0.05, 0) is 36.5 Å². The van der Waals surface area contributed by atoms with E-state index >= 15 is 0 Å². The van der Waals surface area contributed by atoms with E-state index in [2.05, 4.69) is 0 Å². The number of aliphatic hydroxyl groups excluding tert-OH is 1. The van der Waals surface area contributed by atoms with Crippen molar-refractivity contribution < 1.29 is 14.8 Å². The highest BCUT2D eigenvalue weighted by Crippen LogP contribution is 2.36. The summed E-state index contributed by atoms with van der Waals surface area (Å²) in [4.78, 5) is 24.1. The standard InChI is InChI=1S/C19H21N3O4/c20-19(24)15-6-7-16(17(12-15)22(25)26)21-10-8-14(9-11-21)18(23)13-4-2-1-3-5-13/h1-7,12,14,18,23H,8-11H2,(H2,20,24). The van der Waals surface area contributed by atoms with Gasteiger partial charge in [0.15, 0.2) is 0 Å². The van der Waals surface area contributed by atoms with Crippen LogP contribution in [0.1, 0.15) is 34.9 Å². The number of carbonyl (C=O) groups is 1. The van der Waals surface area contributed by atoms with E-state index in [-0.39, 0.29) is 17.2 Å². The second-order valence-corrected chi connectivity index (χ2v) is 6.50. The summed E-state index contributed by atoms with van der Waals surface area (Å²) in [6.07, 6.45) is 0.917. The number of primary amides is 1. The maximum atomic E-state index is 11.4. The first-order valence-electron chi connectivity index (χ1n) is 8.53. The van der Waals surface area contributed by atoms with Crippen LogP contribution in [0.5, 0.6) is 0 Å². The van der Waals surface area contributed by atoms with Crippen LogP contribution in [0, 0.1) is 16.0 Å². The Balaban J connectivity index is 1.74. The molecule has 1 aliphatic rings. The van der Waals surface area contributed by atoms with Gasteiger partial charge in [0.2, 0.25) is 5.91 Å². The van der Waals surface area contributed by atoms with Crippen molar-refractivity contribution in [3.8, 4) is 0 Å². The van der Waals surface area contributed by atoms with Crippen LogP contribution in [0.25, 0.3) is 0 Å². The van der Waals surface area contributed by atoms with Gasteiger partial charge in [-0.25, -0.2) is 0 Å². The Labute approximate surface area is 151 Å². The average Bonchev–Trinajstić information content (AvgIpc) is 2.67. The molecule has 2 aromatic carbocycles. The summed E-state index contributed by atoms with van der Waals surface area (Å²) in [5, 5.41) is 21.9. The fourth-order valence-electron chi connectivity index (χ4n) is 3.47. The number of piperidine rings is 1. The molecular formula is C19H21N3O4. The zero-order chi connectivity index (χ0) is 18.7. The maximum absolute atomic E-state index is 11.4. The quantitative estimate of drug-likeness (QED) is 0.633. The Hall–Kier alpha value is -2.93. The van der Waals surface area contributed by atoms with Gasteiger partial charge in [0.1, 0.15) is 5.69 Å². The lowest BCUT2D eigenvalue weighted by molar-refractivity contribution is -0.384. The van der Waals surface area contributed by atoms with Crippen LogP contribution in [0.3, 0.4) is 0 Å². The number of nitro benzene ring substituents is 1.